The number of methoxy groups -OCH3 is 3. The van der Waals surface area contributed by atoms with Gasteiger partial charge in [-0.25, -0.2) is 0 Å². The zero-order valence-electron chi connectivity index (χ0n) is 12.0. The Morgan fingerprint density at radius 1 is 1.05 bits per heavy atom. The Morgan fingerprint density at radius 2 is 1.65 bits per heavy atom. The van der Waals surface area contributed by atoms with Gasteiger partial charge in [-0.1, -0.05) is 0 Å². The summed E-state index contributed by atoms with van der Waals surface area (Å²) in [4.78, 5) is 1.09. The topological polar surface area (TPSA) is 47.9 Å². The van der Waals surface area contributed by atoms with E-state index in [-0.39, 0.29) is 0 Å². The van der Waals surface area contributed by atoms with Crippen LogP contribution in [0, 0.1) is 6.92 Å². The van der Waals surface area contributed by atoms with E-state index in [1.807, 2.05) is 18.4 Å². The number of aliphatic hydroxyl groups is 1. The molecule has 0 spiro atoms. The average molecular weight is 294 g/mol. The van der Waals surface area contributed by atoms with Gasteiger partial charge in [-0.05, 0) is 41.6 Å². The van der Waals surface area contributed by atoms with Gasteiger partial charge in [0, 0.05) is 4.88 Å². The molecule has 0 saturated carbocycles. The summed E-state index contributed by atoms with van der Waals surface area (Å²) in [5.41, 5.74) is 1.60. The Balaban J connectivity index is 2.49. The Bertz CT molecular complexity index is 566. The second kappa shape index (κ2) is 6.15. The van der Waals surface area contributed by atoms with Crippen LogP contribution in [0.2, 0.25) is 0 Å². The van der Waals surface area contributed by atoms with Crippen LogP contribution in [-0.2, 0) is 0 Å². The lowest BCUT2D eigenvalue weighted by Crippen LogP contribution is -2.03. The monoisotopic (exact) mass is 294 g/mol. The van der Waals surface area contributed by atoms with E-state index in [0.29, 0.717) is 22.8 Å². The molecule has 0 radical (unpaired) electrons. The number of ether oxygens (including phenoxy) is 3. The molecule has 0 bridgehead atoms. The maximum Gasteiger partial charge on any atom is 0.203 e. The van der Waals surface area contributed by atoms with Crippen LogP contribution < -0.4 is 14.2 Å². The summed E-state index contributed by atoms with van der Waals surface area (Å²) in [7, 11) is 4.67. The molecule has 0 saturated heterocycles. The van der Waals surface area contributed by atoms with E-state index in [0.717, 1.165) is 10.4 Å². The third kappa shape index (κ3) is 2.59. The maximum absolute atomic E-state index is 10.5. The van der Waals surface area contributed by atoms with Crippen LogP contribution in [0.15, 0.2) is 23.6 Å². The molecule has 1 aromatic carbocycles. The smallest absolute Gasteiger partial charge is 0.203 e. The van der Waals surface area contributed by atoms with Crippen LogP contribution >= 0.6 is 11.3 Å². The fourth-order valence-electron chi connectivity index (χ4n) is 2.12. The van der Waals surface area contributed by atoms with E-state index in [1.54, 1.807) is 44.8 Å². The largest absolute Gasteiger partial charge is 0.493 e. The van der Waals surface area contributed by atoms with E-state index in [4.69, 9.17) is 14.2 Å². The van der Waals surface area contributed by atoms with Crippen molar-refractivity contribution >= 4 is 11.3 Å². The first-order valence-electron chi connectivity index (χ1n) is 6.14. The van der Waals surface area contributed by atoms with Crippen molar-refractivity contribution in [2.24, 2.45) is 0 Å². The molecule has 0 fully saturated rings. The number of hydrogen-bond acceptors (Lipinski definition) is 5. The minimum absolute atomic E-state index is 0.521. The van der Waals surface area contributed by atoms with Gasteiger partial charge >= 0.3 is 0 Å². The lowest BCUT2D eigenvalue weighted by molar-refractivity contribution is 0.218. The third-order valence-electron chi connectivity index (χ3n) is 3.20. The highest BCUT2D eigenvalue weighted by Gasteiger charge is 2.19. The molecule has 0 amide bonds. The first kappa shape index (κ1) is 14.7. The van der Waals surface area contributed by atoms with Crippen LogP contribution in [0.1, 0.15) is 22.1 Å². The van der Waals surface area contributed by atoms with Gasteiger partial charge in [-0.2, -0.15) is 0 Å². The van der Waals surface area contributed by atoms with Gasteiger partial charge in [0.05, 0.1) is 21.3 Å². The highest BCUT2D eigenvalue weighted by Crippen LogP contribution is 2.41. The SMILES string of the molecule is COc1cc(C(O)c2ccsc2C)cc(OC)c1OC. The number of rotatable bonds is 5. The molecule has 2 aromatic rings. The number of benzene rings is 1. The highest BCUT2D eigenvalue weighted by molar-refractivity contribution is 7.10. The minimum atomic E-state index is -0.713. The van der Waals surface area contributed by atoms with Gasteiger partial charge in [0.1, 0.15) is 6.10 Å². The van der Waals surface area contributed by atoms with Crippen LogP contribution in [0.4, 0.5) is 0 Å². The molecule has 5 heteroatoms. The van der Waals surface area contributed by atoms with Crippen molar-refractivity contribution in [3.05, 3.63) is 39.6 Å². The second-order valence-electron chi connectivity index (χ2n) is 4.29. The number of aliphatic hydroxyl groups excluding tert-OH is 1. The van der Waals surface area contributed by atoms with Crippen LogP contribution in [-0.4, -0.2) is 26.4 Å². The zero-order valence-corrected chi connectivity index (χ0v) is 12.8. The molecule has 1 heterocycles. The summed E-state index contributed by atoms with van der Waals surface area (Å²) in [6, 6.07) is 5.46. The summed E-state index contributed by atoms with van der Waals surface area (Å²) in [6.45, 7) is 1.99. The van der Waals surface area contributed by atoms with Crippen molar-refractivity contribution in [1.82, 2.24) is 0 Å². The van der Waals surface area contributed by atoms with Crippen molar-refractivity contribution in [1.29, 1.82) is 0 Å². The van der Waals surface area contributed by atoms with Gasteiger partial charge in [0.25, 0.3) is 0 Å². The predicted molar refractivity (Wildman–Crippen MR) is 79.2 cm³/mol. The molecule has 108 valence electrons. The predicted octanol–water partition coefficient (Wildman–Crippen LogP) is 3.16. The normalized spacial score (nSPS) is 12.1. The quantitative estimate of drug-likeness (QED) is 0.920. The van der Waals surface area contributed by atoms with Crippen molar-refractivity contribution in [3.63, 3.8) is 0 Å². The fourth-order valence-corrected chi connectivity index (χ4v) is 2.85. The summed E-state index contributed by atoms with van der Waals surface area (Å²) >= 11 is 1.61. The molecule has 0 aliphatic heterocycles. The van der Waals surface area contributed by atoms with Gasteiger partial charge in [-0.15, -0.1) is 11.3 Å². The van der Waals surface area contributed by atoms with Gasteiger partial charge in [0.2, 0.25) is 5.75 Å². The lowest BCUT2D eigenvalue weighted by Gasteiger charge is -2.17. The van der Waals surface area contributed by atoms with Crippen LogP contribution in [0.3, 0.4) is 0 Å². The standard InChI is InChI=1S/C15H18O4S/c1-9-11(5-6-20-9)14(16)10-7-12(17-2)15(19-4)13(8-10)18-3/h5-8,14,16H,1-4H3. The molecule has 0 aliphatic carbocycles. The molecule has 4 nitrogen and oxygen atoms in total. The molecule has 1 atom stereocenters. The Labute approximate surface area is 122 Å². The summed E-state index contributed by atoms with van der Waals surface area (Å²) in [6.07, 6.45) is -0.713. The Hall–Kier alpha value is -1.72. The molecule has 1 N–H and O–H groups in total. The summed E-state index contributed by atoms with van der Waals surface area (Å²) in [5, 5.41) is 12.5. The molecule has 0 aliphatic rings. The fraction of sp³-hybridized carbons (Fsp3) is 0.333. The van der Waals surface area contributed by atoms with Crippen LogP contribution in [0.5, 0.6) is 17.2 Å². The minimum Gasteiger partial charge on any atom is -0.493 e. The van der Waals surface area contributed by atoms with Crippen LogP contribution in [0.25, 0.3) is 0 Å². The van der Waals surface area contributed by atoms with Crippen molar-refractivity contribution in [2.75, 3.05) is 21.3 Å². The molecule has 1 unspecified atom stereocenters. The van der Waals surface area contributed by atoms with E-state index in [9.17, 15) is 5.11 Å². The summed E-state index contributed by atoms with van der Waals surface area (Å²) < 4.78 is 15.9. The lowest BCUT2D eigenvalue weighted by atomic mass is 10.0. The second-order valence-corrected chi connectivity index (χ2v) is 5.41. The molecular formula is C15H18O4S. The van der Waals surface area contributed by atoms with Crippen molar-refractivity contribution in [3.8, 4) is 17.2 Å². The van der Waals surface area contributed by atoms with Gasteiger partial charge in [0.15, 0.2) is 11.5 Å². The van der Waals surface area contributed by atoms with E-state index in [1.165, 1.54) is 0 Å². The Kier molecular flexibility index (Phi) is 4.52. The first-order chi connectivity index (χ1) is 9.62. The number of thiophene rings is 1. The first-order valence-corrected chi connectivity index (χ1v) is 7.02. The maximum atomic E-state index is 10.5. The molecular weight excluding hydrogens is 276 g/mol. The number of hydrogen-bond donors (Lipinski definition) is 1. The third-order valence-corrected chi connectivity index (χ3v) is 4.06. The van der Waals surface area contributed by atoms with Gasteiger partial charge < -0.3 is 19.3 Å². The van der Waals surface area contributed by atoms with E-state index >= 15 is 0 Å². The van der Waals surface area contributed by atoms with Crippen molar-refractivity contribution < 1.29 is 19.3 Å². The molecule has 2 rings (SSSR count). The Morgan fingerprint density at radius 3 is 2.05 bits per heavy atom. The molecule has 20 heavy (non-hydrogen) atoms. The summed E-state index contributed by atoms with van der Waals surface area (Å²) in [5.74, 6) is 1.59. The highest BCUT2D eigenvalue weighted by atomic mass is 32.1. The average Bonchev–Trinajstić information content (AvgIpc) is 2.90. The van der Waals surface area contributed by atoms with Crippen molar-refractivity contribution in [2.45, 2.75) is 13.0 Å². The van der Waals surface area contributed by atoms with Gasteiger partial charge in [-0.3, -0.25) is 0 Å². The zero-order chi connectivity index (χ0) is 14.7. The number of aryl methyl sites for hydroxylation is 1. The van der Waals surface area contributed by atoms with E-state index in [2.05, 4.69) is 0 Å². The molecule has 1 aromatic heterocycles. The van der Waals surface area contributed by atoms with E-state index < -0.39 is 6.10 Å².